The van der Waals surface area contributed by atoms with E-state index in [1.54, 1.807) is 6.26 Å². The van der Waals surface area contributed by atoms with E-state index in [1.807, 2.05) is 0 Å². The van der Waals surface area contributed by atoms with Gasteiger partial charge in [-0.05, 0) is 18.4 Å². The number of hydrogen-bond donors (Lipinski definition) is 8. The highest BCUT2D eigenvalue weighted by molar-refractivity contribution is 7.98. The summed E-state index contributed by atoms with van der Waals surface area (Å²) in [6.07, 6.45) is 4.68. The molecule has 1 aromatic heterocycles. The minimum atomic E-state index is -1.45. The SMILES string of the molecule is CSCCC(NC(=O)C(N)CO)C(=O)NC(CO)C(=O)NC(Cc1cnc[nH]1)C(=O)O. The molecule has 0 saturated carbocycles. The highest BCUT2D eigenvalue weighted by Crippen LogP contribution is 2.03. The lowest BCUT2D eigenvalue weighted by Gasteiger charge is -2.24. The first-order chi connectivity index (χ1) is 14.7. The quantitative estimate of drug-likeness (QED) is 0.137. The zero-order valence-corrected chi connectivity index (χ0v) is 17.7. The van der Waals surface area contributed by atoms with Crippen molar-refractivity contribution in [1.82, 2.24) is 25.9 Å². The summed E-state index contributed by atoms with van der Waals surface area (Å²) >= 11 is 1.42. The third-order valence-corrected chi connectivity index (χ3v) is 4.83. The highest BCUT2D eigenvalue weighted by atomic mass is 32.2. The third kappa shape index (κ3) is 8.92. The number of nitrogens with one attached hydrogen (secondary N) is 4. The van der Waals surface area contributed by atoms with Crippen LogP contribution >= 0.6 is 11.8 Å². The van der Waals surface area contributed by atoms with Crippen LogP contribution in [0.5, 0.6) is 0 Å². The van der Waals surface area contributed by atoms with Crippen LogP contribution in [0, 0.1) is 0 Å². The first kappa shape index (κ1) is 26.4. The topological polar surface area (TPSA) is 220 Å². The molecule has 0 aliphatic heterocycles. The van der Waals surface area contributed by atoms with Crippen LogP contribution in [0.1, 0.15) is 12.1 Å². The number of aliphatic carboxylic acids is 1. The smallest absolute Gasteiger partial charge is 0.326 e. The lowest BCUT2D eigenvalue weighted by molar-refractivity contribution is -0.142. The zero-order valence-electron chi connectivity index (χ0n) is 16.9. The predicted octanol–water partition coefficient (Wildman–Crippen LogP) is -3.44. The Morgan fingerprint density at radius 2 is 1.68 bits per heavy atom. The van der Waals surface area contributed by atoms with E-state index >= 15 is 0 Å². The molecule has 1 rings (SSSR count). The largest absolute Gasteiger partial charge is 0.480 e. The average Bonchev–Trinajstić information content (AvgIpc) is 3.26. The lowest BCUT2D eigenvalue weighted by Crippen LogP contribution is -2.58. The Morgan fingerprint density at radius 3 is 2.19 bits per heavy atom. The van der Waals surface area contributed by atoms with Crippen molar-refractivity contribution in [3.8, 4) is 0 Å². The van der Waals surface area contributed by atoms with Crippen LogP contribution in [0.2, 0.25) is 0 Å². The van der Waals surface area contributed by atoms with E-state index in [4.69, 9.17) is 10.8 Å². The molecular weight excluding hydrogens is 432 g/mol. The number of amides is 3. The maximum Gasteiger partial charge on any atom is 0.326 e. The summed E-state index contributed by atoms with van der Waals surface area (Å²) in [7, 11) is 0. The maximum atomic E-state index is 12.6. The molecular formula is C17H28N6O7S. The van der Waals surface area contributed by atoms with Gasteiger partial charge in [-0.25, -0.2) is 9.78 Å². The second-order valence-corrected chi connectivity index (χ2v) is 7.54. The molecule has 0 bridgehead atoms. The third-order valence-electron chi connectivity index (χ3n) is 4.19. The number of rotatable bonds is 14. The van der Waals surface area contributed by atoms with Gasteiger partial charge in [0.2, 0.25) is 17.7 Å². The van der Waals surface area contributed by atoms with Crippen molar-refractivity contribution in [3.05, 3.63) is 18.2 Å². The number of thioether (sulfide) groups is 1. The van der Waals surface area contributed by atoms with Gasteiger partial charge in [-0.1, -0.05) is 0 Å². The Labute approximate surface area is 182 Å². The molecule has 1 aromatic rings. The minimum absolute atomic E-state index is 0.0847. The maximum absolute atomic E-state index is 12.6. The fourth-order valence-corrected chi connectivity index (χ4v) is 2.89. The van der Waals surface area contributed by atoms with Crippen molar-refractivity contribution in [2.24, 2.45) is 5.73 Å². The molecule has 14 heteroatoms. The molecule has 1 heterocycles. The summed E-state index contributed by atoms with van der Waals surface area (Å²) in [5.41, 5.74) is 5.91. The number of aliphatic hydroxyl groups excluding tert-OH is 2. The van der Waals surface area contributed by atoms with Crippen LogP contribution in [0.25, 0.3) is 0 Å². The van der Waals surface area contributed by atoms with E-state index in [9.17, 15) is 29.4 Å². The number of carboxylic acid groups (broad SMARTS) is 1. The fraction of sp³-hybridized carbons (Fsp3) is 0.588. The molecule has 9 N–H and O–H groups in total. The van der Waals surface area contributed by atoms with E-state index in [0.29, 0.717) is 11.4 Å². The summed E-state index contributed by atoms with van der Waals surface area (Å²) in [6, 6.07) is -5.07. The van der Waals surface area contributed by atoms with Crippen molar-refractivity contribution < 1.29 is 34.5 Å². The highest BCUT2D eigenvalue weighted by Gasteiger charge is 2.30. The molecule has 174 valence electrons. The number of carbonyl (C=O) groups is 4. The van der Waals surface area contributed by atoms with E-state index in [0.717, 1.165) is 0 Å². The zero-order chi connectivity index (χ0) is 23.4. The number of aromatic amines is 1. The van der Waals surface area contributed by atoms with Crippen molar-refractivity contribution in [1.29, 1.82) is 0 Å². The molecule has 31 heavy (non-hydrogen) atoms. The number of carboxylic acids is 1. The number of hydrogen-bond acceptors (Lipinski definition) is 9. The first-order valence-electron chi connectivity index (χ1n) is 9.30. The molecule has 4 unspecified atom stereocenters. The van der Waals surface area contributed by atoms with Gasteiger partial charge in [0.25, 0.3) is 0 Å². The second-order valence-electron chi connectivity index (χ2n) is 6.56. The van der Waals surface area contributed by atoms with Gasteiger partial charge in [0.1, 0.15) is 24.2 Å². The molecule has 0 radical (unpaired) electrons. The number of aliphatic hydroxyl groups is 2. The van der Waals surface area contributed by atoms with E-state index < -0.39 is 61.1 Å². The van der Waals surface area contributed by atoms with Crippen molar-refractivity contribution >= 4 is 35.5 Å². The predicted molar refractivity (Wildman–Crippen MR) is 111 cm³/mol. The van der Waals surface area contributed by atoms with Gasteiger partial charge < -0.3 is 42.0 Å². The van der Waals surface area contributed by atoms with Gasteiger partial charge in [0.15, 0.2) is 0 Å². The minimum Gasteiger partial charge on any atom is -0.480 e. The molecule has 13 nitrogen and oxygen atoms in total. The van der Waals surface area contributed by atoms with Crippen LogP contribution in [0.15, 0.2) is 12.5 Å². The molecule has 4 atom stereocenters. The summed E-state index contributed by atoms with van der Waals surface area (Å²) in [5, 5.41) is 34.8. The van der Waals surface area contributed by atoms with Crippen LogP contribution in [-0.2, 0) is 25.6 Å². The van der Waals surface area contributed by atoms with Crippen LogP contribution < -0.4 is 21.7 Å². The molecule has 3 amide bonds. The number of aromatic nitrogens is 2. The van der Waals surface area contributed by atoms with Crippen molar-refractivity contribution in [2.45, 2.75) is 37.0 Å². The Bertz CT molecular complexity index is 733. The molecule has 0 fully saturated rings. The van der Waals surface area contributed by atoms with Gasteiger partial charge in [-0.15, -0.1) is 0 Å². The Kier molecular flexibility index (Phi) is 11.6. The lowest BCUT2D eigenvalue weighted by atomic mass is 10.1. The number of nitrogens with zero attached hydrogens (tertiary/aromatic N) is 1. The molecule has 0 aliphatic carbocycles. The van der Waals surface area contributed by atoms with E-state index in [-0.39, 0.29) is 12.8 Å². The summed E-state index contributed by atoms with van der Waals surface area (Å²) < 4.78 is 0. The Balaban J connectivity index is 2.80. The van der Waals surface area contributed by atoms with Gasteiger partial charge in [-0.3, -0.25) is 14.4 Å². The fourth-order valence-electron chi connectivity index (χ4n) is 2.42. The van der Waals surface area contributed by atoms with Crippen LogP contribution in [0.4, 0.5) is 0 Å². The summed E-state index contributed by atoms with van der Waals surface area (Å²) in [6.45, 7) is -1.41. The van der Waals surface area contributed by atoms with Crippen LogP contribution in [-0.4, -0.2) is 98.4 Å². The van der Waals surface area contributed by atoms with E-state index in [1.165, 1.54) is 24.3 Å². The van der Waals surface area contributed by atoms with Crippen molar-refractivity contribution in [2.75, 3.05) is 25.2 Å². The molecule has 0 aliphatic rings. The number of H-pyrrole nitrogens is 1. The van der Waals surface area contributed by atoms with Gasteiger partial charge in [-0.2, -0.15) is 11.8 Å². The van der Waals surface area contributed by atoms with Gasteiger partial charge >= 0.3 is 5.97 Å². The first-order valence-corrected chi connectivity index (χ1v) is 10.7. The summed E-state index contributed by atoms with van der Waals surface area (Å²) in [4.78, 5) is 54.9. The molecule has 0 aromatic carbocycles. The monoisotopic (exact) mass is 460 g/mol. The van der Waals surface area contributed by atoms with Crippen LogP contribution in [0.3, 0.4) is 0 Å². The molecule has 0 spiro atoms. The van der Waals surface area contributed by atoms with E-state index in [2.05, 4.69) is 25.9 Å². The Morgan fingerprint density at radius 1 is 1.06 bits per heavy atom. The number of nitrogens with two attached hydrogens (primary N) is 1. The number of carbonyl (C=O) groups excluding carboxylic acids is 3. The summed E-state index contributed by atoms with van der Waals surface area (Å²) in [5.74, 6) is -3.24. The molecule has 0 saturated heterocycles. The van der Waals surface area contributed by atoms with Crippen molar-refractivity contribution in [3.63, 3.8) is 0 Å². The average molecular weight is 461 g/mol. The van der Waals surface area contributed by atoms with Gasteiger partial charge in [0.05, 0.1) is 19.5 Å². The Hall–Kier alpha value is -2.68. The van der Waals surface area contributed by atoms with Gasteiger partial charge in [0, 0.05) is 18.3 Å². The standard InChI is InChI=1S/C17H28N6O7S/c1-31-3-2-11(21-14(26)10(18)6-24)15(27)23-13(7-25)16(28)22-12(17(29)30)4-9-5-19-8-20-9/h5,8,10-13,24-25H,2-4,6-7,18H2,1H3,(H,19,20)(H,21,26)(H,22,28)(H,23,27)(H,29,30). The number of imidazole rings is 1. The normalized spacial score (nSPS) is 14.7. The second kappa shape index (κ2) is 13.6.